The van der Waals surface area contributed by atoms with Gasteiger partial charge in [0.1, 0.15) is 6.10 Å². The van der Waals surface area contributed by atoms with Gasteiger partial charge in [0, 0.05) is 68.3 Å². The van der Waals surface area contributed by atoms with E-state index in [-0.39, 0.29) is 35.8 Å². The number of carbonyl (C=O) groups is 2. The van der Waals surface area contributed by atoms with Crippen molar-refractivity contribution in [2.45, 2.75) is 65.1 Å². The number of likely N-dealkylation sites (N-methyl/N-ethyl adjacent to an activating group) is 1. The second-order valence-corrected chi connectivity index (χ2v) is 11.9. The number of piperidine rings is 1. The van der Waals surface area contributed by atoms with E-state index in [2.05, 4.69) is 57.4 Å². The molecule has 0 radical (unpaired) electrons. The summed E-state index contributed by atoms with van der Waals surface area (Å²) in [5.41, 5.74) is 4.01. The van der Waals surface area contributed by atoms with Crippen LogP contribution in [0.25, 0.3) is 11.3 Å². The molecule has 0 saturated carbocycles. The summed E-state index contributed by atoms with van der Waals surface area (Å²) in [6.07, 6.45) is 6.29. The number of aromatic nitrogens is 2. The van der Waals surface area contributed by atoms with E-state index in [4.69, 9.17) is 9.47 Å². The summed E-state index contributed by atoms with van der Waals surface area (Å²) >= 11 is 0. The standard InChI is InChI=1S/C31H44N6O4/c1-6-37(23-7-9-40-10-8-23)28-13-22(27-15-33-29(16-32-27)41-24-17-36(5)18-24)12-25(21(28)4)30(38)34-14-26-19(2)11-20(3)35-31(26)39/h12-13,15-16,19-20,23-24,26H,6-11,14,17-18H2,1-5H3,(H,34,38)(H,35,39). The van der Waals surface area contributed by atoms with Crippen molar-refractivity contribution >= 4 is 17.5 Å². The Balaban J connectivity index is 1.42. The molecule has 4 heterocycles. The van der Waals surface area contributed by atoms with Gasteiger partial charge in [-0.25, -0.2) is 9.97 Å². The minimum Gasteiger partial charge on any atom is -0.471 e. The smallest absolute Gasteiger partial charge is 0.251 e. The lowest BCUT2D eigenvalue weighted by Gasteiger charge is -2.37. The van der Waals surface area contributed by atoms with E-state index in [0.29, 0.717) is 29.7 Å². The second kappa shape index (κ2) is 12.7. The van der Waals surface area contributed by atoms with Crippen LogP contribution >= 0.6 is 0 Å². The molecule has 1 aromatic carbocycles. The normalized spacial score (nSPS) is 23.9. The molecular weight excluding hydrogens is 520 g/mol. The van der Waals surface area contributed by atoms with E-state index < -0.39 is 0 Å². The topological polar surface area (TPSA) is 109 Å². The zero-order valence-corrected chi connectivity index (χ0v) is 25.0. The Morgan fingerprint density at radius 2 is 1.95 bits per heavy atom. The van der Waals surface area contributed by atoms with Crippen LogP contribution in [0.1, 0.15) is 56.0 Å². The van der Waals surface area contributed by atoms with Crippen LogP contribution in [0.3, 0.4) is 0 Å². The maximum absolute atomic E-state index is 13.7. The Morgan fingerprint density at radius 3 is 2.59 bits per heavy atom. The Hall–Kier alpha value is -3.24. The van der Waals surface area contributed by atoms with Crippen LogP contribution in [0.15, 0.2) is 24.5 Å². The van der Waals surface area contributed by atoms with E-state index in [0.717, 1.165) is 68.9 Å². The number of benzene rings is 1. The lowest BCUT2D eigenvalue weighted by Crippen LogP contribution is -2.51. The molecule has 10 heteroatoms. The van der Waals surface area contributed by atoms with Gasteiger partial charge in [-0.1, -0.05) is 6.92 Å². The first kappa shape index (κ1) is 29.3. The summed E-state index contributed by atoms with van der Waals surface area (Å²) < 4.78 is 11.6. The maximum atomic E-state index is 13.7. The van der Waals surface area contributed by atoms with Gasteiger partial charge in [-0.05, 0) is 70.7 Å². The summed E-state index contributed by atoms with van der Waals surface area (Å²) in [7, 11) is 2.06. The zero-order chi connectivity index (χ0) is 29.1. The highest BCUT2D eigenvalue weighted by atomic mass is 16.5. The largest absolute Gasteiger partial charge is 0.471 e. The number of hydrogen-bond acceptors (Lipinski definition) is 8. The summed E-state index contributed by atoms with van der Waals surface area (Å²) in [5, 5.41) is 6.10. The third-order valence-corrected chi connectivity index (χ3v) is 8.77. The van der Waals surface area contributed by atoms with E-state index in [1.807, 2.05) is 19.9 Å². The van der Waals surface area contributed by atoms with E-state index >= 15 is 0 Å². The van der Waals surface area contributed by atoms with Gasteiger partial charge in [-0.3, -0.25) is 14.5 Å². The third-order valence-electron chi connectivity index (χ3n) is 8.77. The molecule has 1 aromatic heterocycles. The van der Waals surface area contributed by atoms with Crippen molar-refractivity contribution in [1.82, 2.24) is 25.5 Å². The number of nitrogens with zero attached hydrogens (tertiary/aromatic N) is 4. The molecule has 0 bridgehead atoms. The molecule has 5 rings (SSSR count). The highest BCUT2D eigenvalue weighted by molar-refractivity contribution is 5.99. The molecule has 0 spiro atoms. The quantitative estimate of drug-likeness (QED) is 0.479. The van der Waals surface area contributed by atoms with Crippen molar-refractivity contribution in [2.24, 2.45) is 11.8 Å². The molecule has 2 aromatic rings. The number of ether oxygens (including phenoxy) is 2. The van der Waals surface area contributed by atoms with Crippen molar-refractivity contribution in [3.8, 4) is 17.1 Å². The maximum Gasteiger partial charge on any atom is 0.251 e. The molecule has 41 heavy (non-hydrogen) atoms. The summed E-state index contributed by atoms with van der Waals surface area (Å²) in [4.78, 5) is 40.1. The Bertz CT molecular complexity index is 1230. The second-order valence-electron chi connectivity index (χ2n) is 11.9. The van der Waals surface area contributed by atoms with E-state index in [1.165, 1.54) is 0 Å². The Kier molecular flexibility index (Phi) is 9.09. The van der Waals surface area contributed by atoms with Crippen LogP contribution in [0, 0.1) is 18.8 Å². The molecule has 3 fully saturated rings. The van der Waals surface area contributed by atoms with Crippen molar-refractivity contribution < 1.29 is 19.1 Å². The van der Waals surface area contributed by atoms with E-state index in [9.17, 15) is 9.59 Å². The van der Waals surface area contributed by atoms with Gasteiger partial charge in [-0.15, -0.1) is 0 Å². The average Bonchev–Trinajstić information content (AvgIpc) is 2.94. The van der Waals surface area contributed by atoms with Gasteiger partial charge in [0.05, 0.1) is 24.0 Å². The predicted molar refractivity (Wildman–Crippen MR) is 158 cm³/mol. The number of carbonyl (C=O) groups excluding carboxylic acids is 2. The number of amides is 2. The molecule has 2 N–H and O–H groups in total. The predicted octanol–water partition coefficient (Wildman–Crippen LogP) is 3.04. The lowest BCUT2D eigenvalue weighted by molar-refractivity contribution is -0.129. The molecule has 3 aliphatic heterocycles. The number of rotatable bonds is 9. The number of hydrogen-bond donors (Lipinski definition) is 2. The third kappa shape index (κ3) is 6.64. The molecule has 3 saturated heterocycles. The van der Waals surface area contributed by atoms with Gasteiger partial charge < -0.3 is 25.0 Å². The Labute approximate surface area is 243 Å². The number of nitrogens with one attached hydrogen (secondary N) is 2. The number of likely N-dealkylation sites (tertiary alicyclic amines) is 1. The first-order valence-corrected chi connectivity index (χ1v) is 15.0. The zero-order valence-electron chi connectivity index (χ0n) is 25.0. The molecule has 2 amide bonds. The summed E-state index contributed by atoms with van der Waals surface area (Å²) in [6, 6.07) is 4.50. The first-order chi connectivity index (χ1) is 19.7. The summed E-state index contributed by atoms with van der Waals surface area (Å²) in [6.45, 7) is 12.6. The molecule has 0 aliphatic carbocycles. The van der Waals surface area contributed by atoms with Gasteiger partial charge in [-0.2, -0.15) is 0 Å². The van der Waals surface area contributed by atoms with Crippen LogP contribution in [-0.4, -0.2) is 91.3 Å². The highest BCUT2D eigenvalue weighted by Crippen LogP contribution is 2.33. The van der Waals surface area contributed by atoms with E-state index in [1.54, 1.807) is 12.4 Å². The molecule has 10 nitrogen and oxygen atoms in total. The fourth-order valence-corrected chi connectivity index (χ4v) is 6.40. The van der Waals surface area contributed by atoms with Crippen LogP contribution in [0.5, 0.6) is 5.88 Å². The van der Waals surface area contributed by atoms with Gasteiger partial charge >= 0.3 is 0 Å². The molecular formula is C31H44N6O4. The minimum atomic E-state index is -0.249. The fraction of sp³-hybridized carbons (Fsp3) is 0.613. The molecule has 3 aliphatic rings. The van der Waals surface area contributed by atoms with Crippen molar-refractivity contribution in [2.75, 3.05) is 51.3 Å². The fourth-order valence-electron chi connectivity index (χ4n) is 6.40. The SMILES string of the molecule is CCN(c1cc(-c2cnc(OC3CN(C)C3)cn2)cc(C(=O)NCC2C(=O)NC(C)CC2C)c1C)C1CCOCC1. The van der Waals surface area contributed by atoms with Gasteiger partial charge in [0.2, 0.25) is 11.8 Å². The molecule has 3 atom stereocenters. The van der Waals surface area contributed by atoms with Gasteiger partial charge in [0.25, 0.3) is 5.91 Å². The van der Waals surface area contributed by atoms with Crippen molar-refractivity contribution in [1.29, 1.82) is 0 Å². The lowest BCUT2D eigenvalue weighted by atomic mass is 9.84. The molecule has 222 valence electrons. The average molecular weight is 565 g/mol. The summed E-state index contributed by atoms with van der Waals surface area (Å²) in [5.74, 6) is 0.271. The van der Waals surface area contributed by atoms with Crippen LogP contribution < -0.4 is 20.3 Å². The number of anilines is 1. The van der Waals surface area contributed by atoms with Crippen molar-refractivity contribution in [3.05, 3.63) is 35.7 Å². The first-order valence-electron chi connectivity index (χ1n) is 15.0. The molecule has 3 unspecified atom stereocenters. The monoisotopic (exact) mass is 564 g/mol. The highest BCUT2D eigenvalue weighted by Gasteiger charge is 2.33. The minimum absolute atomic E-state index is 0.00511. The van der Waals surface area contributed by atoms with Crippen molar-refractivity contribution in [3.63, 3.8) is 0 Å². The van der Waals surface area contributed by atoms with Gasteiger partial charge in [0.15, 0.2) is 0 Å². The van der Waals surface area contributed by atoms with Crippen LogP contribution in [0.4, 0.5) is 5.69 Å². The van der Waals surface area contributed by atoms with Crippen LogP contribution in [0.2, 0.25) is 0 Å². The van der Waals surface area contributed by atoms with Crippen LogP contribution in [-0.2, 0) is 9.53 Å². The Morgan fingerprint density at radius 1 is 1.20 bits per heavy atom.